The van der Waals surface area contributed by atoms with Gasteiger partial charge in [-0.15, -0.1) is 0 Å². The molecule has 2 rings (SSSR count). The first-order valence-corrected chi connectivity index (χ1v) is 6.23. The van der Waals surface area contributed by atoms with Crippen molar-refractivity contribution in [3.63, 3.8) is 0 Å². The summed E-state index contributed by atoms with van der Waals surface area (Å²) >= 11 is 0. The minimum absolute atomic E-state index is 0.695. The van der Waals surface area contributed by atoms with E-state index in [4.69, 9.17) is 14.2 Å². The van der Waals surface area contributed by atoms with E-state index in [1.807, 2.05) is 42.5 Å². The second-order valence-corrected chi connectivity index (χ2v) is 4.21. The van der Waals surface area contributed by atoms with Crippen LogP contribution in [0.25, 0.3) is 0 Å². The molecule has 0 aliphatic carbocycles. The molecule has 2 aromatic rings. The van der Waals surface area contributed by atoms with E-state index in [2.05, 4.69) is 12.4 Å². The highest BCUT2D eigenvalue weighted by Gasteiger charge is 2.04. The van der Waals surface area contributed by atoms with E-state index in [0.717, 1.165) is 28.5 Å². The molecule has 0 fully saturated rings. The lowest BCUT2D eigenvalue weighted by molar-refractivity contribution is 0.395. The van der Waals surface area contributed by atoms with Gasteiger partial charge in [0.15, 0.2) is 0 Å². The van der Waals surface area contributed by atoms with Crippen LogP contribution in [0.15, 0.2) is 42.5 Å². The van der Waals surface area contributed by atoms with Crippen LogP contribution in [0.3, 0.4) is 0 Å². The van der Waals surface area contributed by atoms with Crippen molar-refractivity contribution in [2.24, 2.45) is 0 Å². The number of methoxy groups -OCH3 is 2. The molecule has 4 heteroatoms. The van der Waals surface area contributed by atoms with E-state index in [1.54, 1.807) is 14.2 Å². The van der Waals surface area contributed by atoms with Gasteiger partial charge in [-0.3, -0.25) is 0 Å². The molecule has 2 aromatic carbocycles. The van der Waals surface area contributed by atoms with Crippen molar-refractivity contribution in [1.29, 1.82) is 0 Å². The van der Waals surface area contributed by atoms with Gasteiger partial charge in [0, 0.05) is 12.6 Å². The van der Waals surface area contributed by atoms with Crippen molar-refractivity contribution >= 4 is 5.69 Å². The lowest BCUT2D eigenvalue weighted by atomic mass is 10.2. The van der Waals surface area contributed by atoms with Gasteiger partial charge in [0.05, 0.1) is 19.9 Å². The number of ether oxygens (including phenoxy) is 3. The van der Waals surface area contributed by atoms with Crippen LogP contribution in [-0.2, 0) is 6.54 Å². The zero-order valence-corrected chi connectivity index (χ0v) is 11.7. The Morgan fingerprint density at radius 1 is 0.950 bits per heavy atom. The summed E-state index contributed by atoms with van der Waals surface area (Å²) in [4.78, 5) is 0. The molecule has 4 nitrogen and oxygen atoms in total. The molecule has 0 amide bonds. The topological polar surface area (TPSA) is 39.7 Å². The van der Waals surface area contributed by atoms with E-state index < -0.39 is 0 Å². The zero-order valence-electron chi connectivity index (χ0n) is 11.7. The van der Waals surface area contributed by atoms with Gasteiger partial charge in [0.1, 0.15) is 24.4 Å². The van der Waals surface area contributed by atoms with Crippen molar-refractivity contribution in [2.75, 3.05) is 19.5 Å². The van der Waals surface area contributed by atoms with Crippen molar-refractivity contribution < 1.29 is 14.2 Å². The maximum atomic E-state index is 5.34. The van der Waals surface area contributed by atoms with Crippen molar-refractivity contribution in [3.05, 3.63) is 55.1 Å². The molecule has 0 saturated carbocycles. The number of anilines is 1. The van der Waals surface area contributed by atoms with E-state index in [-0.39, 0.29) is 0 Å². The number of rotatable bonds is 6. The average molecular weight is 272 g/mol. The van der Waals surface area contributed by atoms with Crippen LogP contribution in [0.5, 0.6) is 17.2 Å². The molecular weight excluding hydrogens is 254 g/mol. The maximum Gasteiger partial charge on any atom is 0.145 e. The molecule has 0 spiro atoms. The van der Waals surface area contributed by atoms with Crippen LogP contribution in [0.4, 0.5) is 5.69 Å². The molecular formula is C16H18NO3. The maximum absolute atomic E-state index is 5.34. The SMILES string of the molecule is [CH2]Oc1ccc(CNc2ccc(OC)cc2OC)cc1. The lowest BCUT2D eigenvalue weighted by Crippen LogP contribution is -2.01. The second-order valence-electron chi connectivity index (χ2n) is 4.21. The standard InChI is InChI=1S/C16H18NO3/c1-18-13-6-4-12(5-7-13)11-17-15-9-8-14(19-2)10-16(15)20-3/h4-10,17H,1,11H2,2-3H3. The molecule has 105 valence electrons. The number of hydrogen-bond donors (Lipinski definition) is 1. The van der Waals surface area contributed by atoms with Crippen molar-refractivity contribution in [1.82, 2.24) is 0 Å². The molecule has 1 radical (unpaired) electrons. The monoisotopic (exact) mass is 272 g/mol. The predicted molar refractivity (Wildman–Crippen MR) is 79.3 cm³/mol. The van der Waals surface area contributed by atoms with Gasteiger partial charge >= 0.3 is 0 Å². The fourth-order valence-electron chi connectivity index (χ4n) is 1.85. The Kier molecular flexibility index (Phi) is 4.71. The third-order valence-corrected chi connectivity index (χ3v) is 2.98. The number of benzene rings is 2. The molecule has 0 aliphatic heterocycles. The largest absolute Gasteiger partial charge is 0.497 e. The quantitative estimate of drug-likeness (QED) is 0.873. The summed E-state index contributed by atoms with van der Waals surface area (Å²) < 4.78 is 15.4. The number of hydrogen-bond acceptors (Lipinski definition) is 4. The molecule has 0 atom stereocenters. The van der Waals surface area contributed by atoms with Crippen LogP contribution >= 0.6 is 0 Å². The van der Waals surface area contributed by atoms with E-state index >= 15 is 0 Å². The molecule has 0 aliphatic rings. The average Bonchev–Trinajstić information content (AvgIpc) is 2.53. The van der Waals surface area contributed by atoms with Gasteiger partial charge in [0.25, 0.3) is 0 Å². The first-order valence-electron chi connectivity index (χ1n) is 6.23. The summed E-state index contributed by atoms with van der Waals surface area (Å²) in [7, 11) is 6.65. The first kappa shape index (κ1) is 14.1. The third-order valence-electron chi connectivity index (χ3n) is 2.98. The van der Waals surface area contributed by atoms with Gasteiger partial charge in [-0.1, -0.05) is 12.1 Å². The molecule has 0 unspecified atom stereocenters. The minimum Gasteiger partial charge on any atom is -0.497 e. The molecule has 0 heterocycles. The van der Waals surface area contributed by atoms with Crippen molar-refractivity contribution in [3.8, 4) is 17.2 Å². The summed E-state index contributed by atoms with van der Waals surface area (Å²) in [5.41, 5.74) is 2.06. The molecule has 0 aromatic heterocycles. The minimum atomic E-state index is 0.695. The summed E-state index contributed by atoms with van der Waals surface area (Å²) in [5.74, 6) is 2.27. The fraction of sp³-hybridized carbons (Fsp3) is 0.188. The van der Waals surface area contributed by atoms with E-state index in [0.29, 0.717) is 6.54 Å². The van der Waals surface area contributed by atoms with Gasteiger partial charge in [-0.05, 0) is 29.8 Å². The van der Waals surface area contributed by atoms with Crippen LogP contribution in [0, 0.1) is 7.11 Å². The van der Waals surface area contributed by atoms with Crippen LogP contribution in [0.1, 0.15) is 5.56 Å². The predicted octanol–water partition coefficient (Wildman–Crippen LogP) is 3.49. The summed E-state index contributed by atoms with van der Waals surface area (Å²) in [5, 5.41) is 3.33. The fourth-order valence-corrected chi connectivity index (χ4v) is 1.85. The highest BCUT2D eigenvalue weighted by molar-refractivity contribution is 5.59. The third kappa shape index (κ3) is 3.35. The highest BCUT2D eigenvalue weighted by atomic mass is 16.5. The van der Waals surface area contributed by atoms with Crippen LogP contribution in [0.2, 0.25) is 0 Å². The Hall–Kier alpha value is -2.36. The normalized spacial score (nSPS) is 9.95. The summed E-state index contributed by atoms with van der Waals surface area (Å²) in [6, 6.07) is 13.4. The van der Waals surface area contributed by atoms with E-state index in [9.17, 15) is 0 Å². The Morgan fingerprint density at radius 2 is 1.65 bits per heavy atom. The summed E-state index contributed by atoms with van der Waals surface area (Å²) in [6.45, 7) is 0.695. The summed E-state index contributed by atoms with van der Waals surface area (Å²) in [6.07, 6.45) is 0. The van der Waals surface area contributed by atoms with E-state index in [1.165, 1.54) is 0 Å². The number of nitrogens with one attached hydrogen (secondary N) is 1. The van der Waals surface area contributed by atoms with Gasteiger partial charge in [0.2, 0.25) is 0 Å². The Morgan fingerprint density at radius 3 is 2.25 bits per heavy atom. The Balaban J connectivity index is 2.05. The molecule has 20 heavy (non-hydrogen) atoms. The molecule has 0 saturated heterocycles. The Bertz CT molecular complexity index is 552. The Labute approximate surface area is 119 Å². The molecule has 0 bridgehead atoms. The highest BCUT2D eigenvalue weighted by Crippen LogP contribution is 2.29. The van der Waals surface area contributed by atoms with Gasteiger partial charge in [-0.25, -0.2) is 0 Å². The molecule has 1 N–H and O–H groups in total. The second kappa shape index (κ2) is 6.70. The van der Waals surface area contributed by atoms with Crippen LogP contribution < -0.4 is 19.5 Å². The van der Waals surface area contributed by atoms with Gasteiger partial charge < -0.3 is 19.5 Å². The van der Waals surface area contributed by atoms with Crippen molar-refractivity contribution in [2.45, 2.75) is 6.54 Å². The van der Waals surface area contributed by atoms with Gasteiger partial charge in [-0.2, -0.15) is 0 Å². The zero-order chi connectivity index (χ0) is 14.4. The van der Waals surface area contributed by atoms with Crippen LogP contribution in [-0.4, -0.2) is 14.2 Å². The first-order chi connectivity index (χ1) is 9.76. The smallest absolute Gasteiger partial charge is 0.145 e. The lowest BCUT2D eigenvalue weighted by Gasteiger charge is -2.12.